The summed E-state index contributed by atoms with van der Waals surface area (Å²) in [6.45, 7) is 1.14. The van der Waals surface area contributed by atoms with Crippen LogP contribution < -0.4 is 19.9 Å². The normalized spacial score (nSPS) is 10.4. The van der Waals surface area contributed by atoms with E-state index in [1.165, 1.54) is 0 Å². The lowest BCUT2D eigenvalue weighted by atomic mass is 10.2. The van der Waals surface area contributed by atoms with Gasteiger partial charge < -0.3 is 24.8 Å². The van der Waals surface area contributed by atoms with Gasteiger partial charge >= 0.3 is 0 Å². The maximum absolute atomic E-state index is 12.3. The zero-order valence-corrected chi connectivity index (χ0v) is 19.5. The molecule has 7 nitrogen and oxygen atoms in total. The van der Waals surface area contributed by atoms with Crippen LogP contribution in [0, 0.1) is 5.41 Å². The summed E-state index contributed by atoms with van der Waals surface area (Å²) in [6.07, 6.45) is 2.71. The van der Waals surface area contributed by atoms with Crippen molar-refractivity contribution in [2.45, 2.75) is 19.3 Å². The second-order valence-electron chi connectivity index (χ2n) is 6.68. The van der Waals surface area contributed by atoms with Crippen LogP contribution in [-0.2, 0) is 0 Å². The van der Waals surface area contributed by atoms with E-state index in [2.05, 4.69) is 22.6 Å². The van der Waals surface area contributed by atoms with Crippen molar-refractivity contribution in [3.63, 3.8) is 0 Å². The molecule has 0 aliphatic rings. The molecule has 1 amide bonds. The molecule has 0 bridgehead atoms. The van der Waals surface area contributed by atoms with E-state index in [0.717, 1.165) is 25.0 Å². The van der Waals surface area contributed by atoms with Crippen LogP contribution in [0.4, 0.5) is 0 Å². The first-order chi connectivity index (χ1) is 14.5. The van der Waals surface area contributed by atoms with Crippen LogP contribution in [0.3, 0.4) is 0 Å². The summed E-state index contributed by atoms with van der Waals surface area (Å²) in [5.74, 6) is 1.95. The first-order valence-corrected chi connectivity index (χ1v) is 11.2. The number of amides is 1. The maximum Gasteiger partial charge on any atom is 0.254 e. The van der Waals surface area contributed by atoms with E-state index in [4.69, 9.17) is 25.4 Å². The Balaban J connectivity index is 1.74. The van der Waals surface area contributed by atoms with Crippen LogP contribution >= 0.6 is 22.6 Å². The van der Waals surface area contributed by atoms with Gasteiger partial charge in [0.05, 0.1) is 24.9 Å². The van der Waals surface area contributed by atoms with Gasteiger partial charge in [-0.3, -0.25) is 10.2 Å². The maximum atomic E-state index is 12.3. The van der Waals surface area contributed by atoms with Gasteiger partial charge in [-0.05, 0) is 61.7 Å². The predicted molar refractivity (Wildman–Crippen MR) is 126 cm³/mol. The Morgan fingerprint density at radius 1 is 1.00 bits per heavy atom. The number of nitrogens with two attached hydrogens (primary N) is 1. The minimum Gasteiger partial charge on any atom is -0.494 e. The van der Waals surface area contributed by atoms with Crippen LogP contribution in [-0.4, -0.2) is 48.6 Å². The van der Waals surface area contributed by atoms with Gasteiger partial charge in [0.1, 0.15) is 11.6 Å². The lowest BCUT2D eigenvalue weighted by Crippen LogP contribution is -2.24. The van der Waals surface area contributed by atoms with Crippen LogP contribution in [0.25, 0.3) is 0 Å². The molecule has 8 heteroatoms. The number of amidine groups is 1. The van der Waals surface area contributed by atoms with Gasteiger partial charge in [0.2, 0.25) is 0 Å². The summed E-state index contributed by atoms with van der Waals surface area (Å²) >= 11 is 2.15. The van der Waals surface area contributed by atoms with Crippen LogP contribution in [0.2, 0.25) is 0 Å². The van der Waals surface area contributed by atoms with Gasteiger partial charge in [-0.15, -0.1) is 0 Å². The quantitative estimate of drug-likeness (QED) is 0.109. The average molecular weight is 525 g/mol. The highest BCUT2D eigenvalue weighted by atomic mass is 127. The fourth-order valence-electron chi connectivity index (χ4n) is 2.68. The average Bonchev–Trinajstić information content (AvgIpc) is 2.77. The molecule has 0 unspecified atom stereocenters. The Morgan fingerprint density at radius 2 is 1.63 bits per heavy atom. The molecule has 0 fully saturated rings. The fourth-order valence-corrected chi connectivity index (χ4v) is 2.99. The Hall–Kier alpha value is -2.49. The van der Waals surface area contributed by atoms with E-state index in [0.29, 0.717) is 40.4 Å². The smallest absolute Gasteiger partial charge is 0.254 e. The van der Waals surface area contributed by atoms with Crippen molar-refractivity contribution >= 4 is 34.3 Å². The Morgan fingerprint density at radius 3 is 2.23 bits per heavy atom. The highest BCUT2D eigenvalue weighted by Gasteiger charge is 2.14. The summed E-state index contributed by atoms with van der Waals surface area (Å²) in [5.41, 5.74) is 6.70. The van der Waals surface area contributed by atoms with Gasteiger partial charge in [0, 0.05) is 18.2 Å². The number of carbonyl (C=O) groups excluding carboxylic acids is 1. The number of rotatable bonds is 12. The SMILES string of the molecule is COc1ccc(C(=O)N(C)CI)cc1OCCCCCOc1ccc(C(=N)N)cc1. The van der Waals surface area contributed by atoms with E-state index in [1.54, 1.807) is 49.4 Å². The Bertz CT molecular complexity index is 843. The minimum absolute atomic E-state index is 0.0464. The molecule has 30 heavy (non-hydrogen) atoms. The Labute approximate surface area is 191 Å². The van der Waals surface area contributed by atoms with Crippen LogP contribution in [0.1, 0.15) is 35.2 Å². The number of unbranched alkanes of at least 4 members (excludes halogenated alkanes) is 2. The lowest BCUT2D eigenvalue weighted by Gasteiger charge is -2.16. The van der Waals surface area contributed by atoms with Crippen molar-refractivity contribution in [3.8, 4) is 17.2 Å². The highest BCUT2D eigenvalue weighted by molar-refractivity contribution is 14.1. The third kappa shape index (κ3) is 7.08. The fraction of sp³-hybridized carbons (Fsp3) is 0.364. The summed E-state index contributed by atoms with van der Waals surface area (Å²) < 4.78 is 17.5. The zero-order valence-electron chi connectivity index (χ0n) is 17.3. The van der Waals surface area contributed by atoms with E-state index < -0.39 is 0 Å². The lowest BCUT2D eigenvalue weighted by molar-refractivity contribution is 0.0823. The number of ether oxygens (including phenoxy) is 3. The van der Waals surface area contributed by atoms with Crippen molar-refractivity contribution in [2.24, 2.45) is 5.73 Å². The van der Waals surface area contributed by atoms with E-state index in [1.807, 2.05) is 12.1 Å². The molecular formula is C22H28IN3O4. The topological polar surface area (TPSA) is 97.9 Å². The summed E-state index contributed by atoms with van der Waals surface area (Å²) in [4.78, 5) is 14.0. The van der Waals surface area contributed by atoms with Crippen molar-refractivity contribution in [2.75, 3.05) is 31.9 Å². The molecule has 0 radical (unpaired) electrons. The molecule has 3 N–H and O–H groups in total. The third-order valence-electron chi connectivity index (χ3n) is 4.42. The number of hydrogen-bond acceptors (Lipinski definition) is 5. The van der Waals surface area contributed by atoms with Gasteiger partial charge in [0.15, 0.2) is 11.5 Å². The Kier molecular flexibility index (Phi) is 9.72. The first kappa shape index (κ1) is 23.8. The highest BCUT2D eigenvalue weighted by Crippen LogP contribution is 2.29. The number of nitrogen functional groups attached to an aromatic ring is 1. The van der Waals surface area contributed by atoms with Crippen LogP contribution in [0.5, 0.6) is 17.2 Å². The molecule has 0 saturated carbocycles. The van der Waals surface area contributed by atoms with Crippen LogP contribution in [0.15, 0.2) is 42.5 Å². The zero-order chi connectivity index (χ0) is 21.9. The molecule has 2 aromatic carbocycles. The number of hydrogen-bond donors (Lipinski definition) is 2. The predicted octanol–water partition coefficient (Wildman–Crippen LogP) is 4.07. The number of benzene rings is 2. The number of alkyl halides is 1. The molecule has 0 spiro atoms. The largest absolute Gasteiger partial charge is 0.494 e. The number of halogens is 1. The molecular weight excluding hydrogens is 497 g/mol. The molecule has 162 valence electrons. The van der Waals surface area contributed by atoms with E-state index in [9.17, 15) is 4.79 Å². The summed E-state index contributed by atoms with van der Waals surface area (Å²) in [5, 5.41) is 7.38. The molecule has 2 rings (SSSR count). The van der Waals surface area contributed by atoms with E-state index >= 15 is 0 Å². The summed E-state index contributed by atoms with van der Waals surface area (Å²) in [6, 6.07) is 12.4. The molecule has 0 heterocycles. The van der Waals surface area contributed by atoms with Gasteiger partial charge in [0.25, 0.3) is 5.91 Å². The second kappa shape index (κ2) is 12.3. The van der Waals surface area contributed by atoms with Gasteiger partial charge in [-0.2, -0.15) is 0 Å². The first-order valence-electron chi connectivity index (χ1n) is 9.65. The molecule has 0 aliphatic carbocycles. The van der Waals surface area contributed by atoms with Crippen molar-refractivity contribution < 1.29 is 19.0 Å². The molecule has 0 atom stereocenters. The number of nitrogens with zero attached hydrogens (tertiary/aromatic N) is 1. The van der Waals surface area contributed by atoms with Crippen molar-refractivity contribution in [1.29, 1.82) is 5.41 Å². The molecule has 0 aromatic heterocycles. The summed E-state index contributed by atoms with van der Waals surface area (Å²) in [7, 11) is 3.35. The number of nitrogens with one attached hydrogen (secondary N) is 1. The number of carbonyl (C=O) groups is 1. The van der Waals surface area contributed by atoms with Gasteiger partial charge in [-0.25, -0.2) is 0 Å². The second-order valence-corrected chi connectivity index (χ2v) is 7.37. The molecule has 2 aromatic rings. The van der Waals surface area contributed by atoms with Crippen molar-refractivity contribution in [1.82, 2.24) is 4.90 Å². The number of methoxy groups -OCH3 is 1. The monoisotopic (exact) mass is 525 g/mol. The van der Waals surface area contributed by atoms with Gasteiger partial charge in [-0.1, -0.05) is 22.6 Å². The van der Waals surface area contributed by atoms with E-state index in [-0.39, 0.29) is 11.7 Å². The standard InChI is InChI=1S/C22H28IN3O4/c1-26(15-23)22(27)17-8-11-19(28-2)20(14-17)30-13-5-3-4-12-29-18-9-6-16(7-10-18)21(24)25/h6-11,14H,3-5,12-13,15H2,1-2H3,(H3,24,25). The van der Waals surface area contributed by atoms with Crippen molar-refractivity contribution in [3.05, 3.63) is 53.6 Å². The molecule has 0 aliphatic heterocycles. The third-order valence-corrected chi connectivity index (χ3v) is 5.44. The molecule has 0 saturated heterocycles. The minimum atomic E-state index is -0.0506.